The van der Waals surface area contributed by atoms with Gasteiger partial charge in [0.1, 0.15) is 11.9 Å². The fourth-order valence-corrected chi connectivity index (χ4v) is 4.28. The number of aromatic nitrogens is 3. The number of aryl methyl sites for hydroxylation is 1. The minimum absolute atomic E-state index is 0.166. The van der Waals surface area contributed by atoms with E-state index in [1.807, 2.05) is 11.6 Å². The van der Waals surface area contributed by atoms with Crippen molar-refractivity contribution in [3.05, 3.63) is 6.33 Å². The van der Waals surface area contributed by atoms with Crippen LogP contribution in [0, 0.1) is 5.92 Å². The van der Waals surface area contributed by atoms with Gasteiger partial charge in [0.15, 0.2) is 5.16 Å². The van der Waals surface area contributed by atoms with E-state index < -0.39 is 5.54 Å². The zero-order valence-corrected chi connectivity index (χ0v) is 13.2. The number of carbonyl (C=O) groups is 1. The van der Waals surface area contributed by atoms with Crippen LogP contribution in [0.25, 0.3) is 0 Å². The van der Waals surface area contributed by atoms with Crippen molar-refractivity contribution in [3.63, 3.8) is 0 Å². The summed E-state index contributed by atoms with van der Waals surface area (Å²) < 4.78 is 1.92. The summed E-state index contributed by atoms with van der Waals surface area (Å²) in [6.45, 7) is 0. The molecule has 0 bridgehead atoms. The van der Waals surface area contributed by atoms with Crippen molar-refractivity contribution in [2.24, 2.45) is 18.7 Å². The van der Waals surface area contributed by atoms with E-state index in [0.717, 1.165) is 36.6 Å². The molecule has 2 saturated carbocycles. The molecule has 0 aromatic carbocycles. The first kappa shape index (κ1) is 14.8. The van der Waals surface area contributed by atoms with Gasteiger partial charge in [-0.2, -0.15) is 0 Å². The summed E-state index contributed by atoms with van der Waals surface area (Å²) in [4.78, 5) is 12.1. The number of hydrogen-bond acceptors (Lipinski definition) is 5. The van der Waals surface area contributed by atoms with Gasteiger partial charge in [-0.25, -0.2) is 0 Å². The van der Waals surface area contributed by atoms with Gasteiger partial charge in [0.05, 0.1) is 0 Å². The van der Waals surface area contributed by atoms with Crippen LogP contribution in [-0.2, 0) is 11.8 Å². The molecule has 21 heavy (non-hydrogen) atoms. The lowest BCUT2D eigenvalue weighted by Crippen LogP contribution is -2.58. The summed E-state index contributed by atoms with van der Waals surface area (Å²) in [5.74, 6) is 1.12. The molecule has 6 nitrogen and oxygen atoms in total. The van der Waals surface area contributed by atoms with E-state index in [-0.39, 0.29) is 5.91 Å². The smallest absolute Gasteiger partial charge is 0.238 e. The average molecular weight is 309 g/mol. The number of amides is 1. The van der Waals surface area contributed by atoms with E-state index >= 15 is 0 Å². The number of nitrogens with one attached hydrogen (secondary N) is 1. The minimum atomic E-state index is -0.471. The molecule has 7 heteroatoms. The predicted molar refractivity (Wildman–Crippen MR) is 81.8 cm³/mol. The standard InChI is InChI=1S/C14H23N5OS/c1-19-9-16-18-13(19)21-8-6-10-3-2-7-14(10,12(15)20)17-11-4-5-11/h9-11,17H,2-8H2,1H3,(H2,15,20). The Hall–Kier alpha value is -1.08. The van der Waals surface area contributed by atoms with Crippen LogP contribution in [0.4, 0.5) is 0 Å². The van der Waals surface area contributed by atoms with E-state index in [2.05, 4.69) is 15.5 Å². The summed E-state index contributed by atoms with van der Waals surface area (Å²) in [6.07, 6.45) is 8.10. The maximum absolute atomic E-state index is 12.1. The third kappa shape index (κ3) is 3.08. The number of nitrogens with zero attached hydrogens (tertiary/aromatic N) is 3. The Labute approximate surface area is 129 Å². The normalized spacial score (nSPS) is 28.9. The molecular weight excluding hydrogens is 286 g/mol. The van der Waals surface area contributed by atoms with Crippen molar-refractivity contribution in [1.82, 2.24) is 20.1 Å². The van der Waals surface area contributed by atoms with Gasteiger partial charge in [0.25, 0.3) is 0 Å². The molecule has 1 aromatic rings. The number of hydrogen-bond donors (Lipinski definition) is 2. The molecule has 0 spiro atoms. The topological polar surface area (TPSA) is 85.8 Å². The van der Waals surface area contributed by atoms with Crippen molar-refractivity contribution < 1.29 is 4.79 Å². The summed E-state index contributed by atoms with van der Waals surface area (Å²) in [7, 11) is 1.94. The highest BCUT2D eigenvalue weighted by atomic mass is 32.2. The molecule has 116 valence electrons. The molecule has 2 unspecified atom stereocenters. The molecular formula is C14H23N5OS. The number of nitrogens with two attached hydrogens (primary N) is 1. The summed E-state index contributed by atoms with van der Waals surface area (Å²) in [6, 6.07) is 0.504. The van der Waals surface area contributed by atoms with Crippen LogP contribution < -0.4 is 11.1 Å². The van der Waals surface area contributed by atoms with Gasteiger partial charge < -0.3 is 15.6 Å². The maximum atomic E-state index is 12.1. The van der Waals surface area contributed by atoms with Crippen LogP contribution in [0.15, 0.2) is 11.5 Å². The molecule has 0 aliphatic heterocycles. The maximum Gasteiger partial charge on any atom is 0.238 e. The molecule has 1 aromatic heterocycles. The molecule has 0 radical (unpaired) electrons. The molecule has 1 amide bonds. The summed E-state index contributed by atoms with van der Waals surface area (Å²) >= 11 is 1.70. The Balaban J connectivity index is 1.60. The molecule has 0 saturated heterocycles. The molecule has 3 N–H and O–H groups in total. The van der Waals surface area contributed by atoms with Crippen LogP contribution in [0.1, 0.15) is 38.5 Å². The second-order valence-electron chi connectivity index (χ2n) is 6.20. The number of thioether (sulfide) groups is 1. The molecule has 2 aliphatic carbocycles. The highest BCUT2D eigenvalue weighted by Gasteiger charge is 2.49. The van der Waals surface area contributed by atoms with Crippen molar-refractivity contribution >= 4 is 17.7 Å². The first-order valence-electron chi connectivity index (χ1n) is 7.66. The fourth-order valence-electron chi connectivity index (χ4n) is 3.34. The highest BCUT2D eigenvalue weighted by molar-refractivity contribution is 7.99. The van der Waals surface area contributed by atoms with Gasteiger partial charge in [-0.15, -0.1) is 10.2 Å². The Kier molecular flexibility index (Phi) is 4.21. The lowest BCUT2D eigenvalue weighted by Gasteiger charge is -2.34. The van der Waals surface area contributed by atoms with Crippen molar-refractivity contribution in [1.29, 1.82) is 0 Å². The highest BCUT2D eigenvalue weighted by Crippen LogP contribution is 2.41. The number of primary amides is 1. The SMILES string of the molecule is Cn1cnnc1SCCC1CCCC1(NC1CC1)C(N)=O. The van der Waals surface area contributed by atoms with E-state index in [9.17, 15) is 4.79 Å². The van der Waals surface area contributed by atoms with Crippen LogP contribution >= 0.6 is 11.8 Å². The lowest BCUT2D eigenvalue weighted by atomic mass is 9.84. The number of carbonyl (C=O) groups excluding carboxylic acids is 1. The van der Waals surface area contributed by atoms with Crippen LogP contribution in [0.2, 0.25) is 0 Å². The zero-order chi connectivity index (χ0) is 14.9. The quantitative estimate of drug-likeness (QED) is 0.736. The Bertz CT molecular complexity index is 515. The Morgan fingerprint density at radius 1 is 1.57 bits per heavy atom. The monoisotopic (exact) mass is 309 g/mol. The molecule has 2 atom stereocenters. The molecule has 2 aliphatic rings. The van der Waals surface area contributed by atoms with Gasteiger partial charge in [-0.3, -0.25) is 4.79 Å². The Morgan fingerprint density at radius 2 is 2.38 bits per heavy atom. The van der Waals surface area contributed by atoms with Crippen molar-refractivity contribution in [3.8, 4) is 0 Å². The third-order valence-corrected chi connectivity index (χ3v) is 5.73. The first-order valence-corrected chi connectivity index (χ1v) is 8.65. The average Bonchev–Trinajstić information content (AvgIpc) is 3.02. The fraction of sp³-hybridized carbons (Fsp3) is 0.786. The molecule has 2 fully saturated rings. The second kappa shape index (κ2) is 5.96. The van der Waals surface area contributed by atoms with Gasteiger partial charge >= 0.3 is 0 Å². The van der Waals surface area contributed by atoms with E-state index in [4.69, 9.17) is 5.73 Å². The van der Waals surface area contributed by atoms with Crippen molar-refractivity contribution in [2.75, 3.05) is 5.75 Å². The second-order valence-corrected chi connectivity index (χ2v) is 7.27. The Morgan fingerprint density at radius 3 is 3.00 bits per heavy atom. The van der Waals surface area contributed by atoms with E-state index in [0.29, 0.717) is 12.0 Å². The lowest BCUT2D eigenvalue weighted by molar-refractivity contribution is -0.126. The van der Waals surface area contributed by atoms with Gasteiger partial charge in [0.2, 0.25) is 5.91 Å². The van der Waals surface area contributed by atoms with Crippen LogP contribution in [0.5, 0.6) is 0 Å². The summed E-state index contributed by atoms with van der Waals surface area (Å²) in [5.41, 5.74) is 5.28. The molecule has 3 rings (SSSR count). The van der Waals surface area contributed by atoms with E-state index in [1.165, 1.54) is 12.8 Å². The minimum Gasteiger partial charge on any atom is -0.368 e. The van der Waals surface area contributed by atoms with Crippen LogP contribution in [-0.4, -0.2) is 38.0 Å². The van der Waals surface area contributed by atoms with Gasteiger partial charge in [-0.05, 0) is 38.0 Å². The van der Waals surface area contributed by atoms with Gasteiger partial charge in [0, 0.05) is 18.8 Å². The van der Waals surface area contributed by atoms with Crippen LogP contribution in [0.3, 0.4) is 0 Å². The number of rotatable bonds is 7. The third-order valence-electron chi connectivity index (χ3n) is 4.67. The largest absolute Gasteiger partial charge is 0.368 e. The van der Waals surface area contributed by atoms with Gasteiger partial charge in [-0.1, -0.05) is 18.2 Å². The summed E-state index contributed by atoms with van der Waals surface area (Å²) in [5, 5.41) is 12.4. The van der Waals surface area contributed by atoms with E-state index in [1.54, 1.807) is 18.1 Å². The first-order chi connectivity index (χ1) is 10.1. The van der Waals surface area contributed by atoms with Crippen molar-refractivity contribution in [2.45, 2.75) is 55.3 Å². The predicted octanol–water partition coefficient (Wildman–Crippen LogP) is 1.07. The zero-order valence-electron chi connectivity index (χ0n) is 12.4. The molecule has 1 heterocycles.